The second-order valence-electron chi connectivity index (χ2n) is 9.90. The van der Waals surface area contributed by atoms with Crippen LogP contribution in [0.1, 0.15) is 70.9 Å². The zero-order valence-electron chi connectivity index (χ0n) is 19.6. The molecule has 0 radical (unpaired) electrons. The molecule has 0 spiro atoms. The molecule has 3 aliphatic rings. The summed E-state index contributed by atoms with van der Waals surface area (Å²) >= 11 is 12.8. The summed E-state index contributed by atoms with van der Waals surface area (Å²) in [6, 6.07) is 9.40. The van der Waals surface area contributed by atoms with Crippen molar-refractivity contribution >= 4 is 40.8 Å². The molecule has 2 aromatic carbocycles. The van der Waals surface area contributed by atoms with Gasteiger partial charge in [-0.1, -0.05) is 34.4 Å². The van der Waals surface area contributed by atoms with Gasteiger partial charge in [-0.3, -0.25) is 0 Å². The molecule has 6 rings (SSSR count). The third-order valence-electron chi connectivity index (χ3n) is 7.52. The number of carboxylic acid groups (broad SMARTS) is 1. The lowest BCUT2D eigenvalue weighted by molar-refractivity contribution is 0.0202. The summed E-state index contributed by atoms with van der Waals surface area (Å²) < 4.78 is 26.0. The Hall–Kier alpha value is -3.10. The Labute approximate surface area is 222 Å². The smallest absolute Gasteiger partial charge is 0.344 e. The van der Waals surface area contributed by atoms with E-state index in [-0.39, 0.29) is 40.9 Å². The lowest BCUT2D eigenvalue weighted by Gasteiger charge is -2.40. The number of aromatic carboxylic acids is 1. The Morgan fingerprint density at radius 1 is 1.05 bits per heavy atom. The first-order valence-corrected chi connectivity index (χ1v) is 13.0. The van der Waals surface area contributed by atoms with Crippen LogP contribution in [0.2, 0.25) is 10.0 Å². The first-order chi connectivity index (χ1) is 17.8. The Kier molecular flexibility index (Phi) is 6.12. The second-order valence-corrected chi connectivity index (χ2v) is 10.7. The Balaban J connectivity index is 1.24. The van der Waals surface area contributed by atoms with Crippen LogP contribution in [0.4, 0.5) is 10.1 Å². The van der Waals surface area contributed by atoms with Gasteiger partial charge in [-0.25, -0.2) is 14.0 Å². The number of anilines is 1. The van der Waals surface area contributed by atoms with Gasteiger partial charge in [-0.15, -0.1) is 0 Å². The molecular weight excluding hydrogens is 522 g/mol. The van der Waals surface area contributed by atoms with Crippen LogP contribution >= 0.6 is 23.2 Å². The first kappa shape index (κ1) is 24.2. The number of ether oxygens (including phenoxy) is 1. The first-order valence-electron chi connectivity index (χ1n) is 12.3. The number of carbonyl (C=O) groups excluding carboxylic acids is 1. The van der Waals surface area contributed by atoms with E-state index in [0.717, 1.165) is 25.7 Å². The lowest BCUT2D eigenvalue weighted by atomic mass is 9.98. The molecule has 10 heteroatoms. The average molecular weight is 545 g/mol. The number of hydrogen-bond donors (Lipinski definition) is 1. The van der Waals surface area contributed by atoms with Crippen molar-refractivity contribution in [2.75, 3.05) is 4.90 Å². The van der Waals surface area contributed by atoms with Crippen molar-refractivity contribution in [2.45, 2.75) is 62.6 Å². The largest absolute Gasteiger partial charge is 0.478 e. The number of esters is 1. The van der Waals surface area contributed by atoms with Gasteiger partial charge in [0.05, 0.1) is 15.6 Å². The Morgan fingerprint density at radius 3 is 2.32 bits per heavy atom. The average Bonchev–Trinajstić information content (AvgIpc) is 3.54. The lowest BCUT2D eigenvalue weighted by Crippen LogP contribution is -2.46. The molecule has 2 saturated heterocycles. The van der Waals surface area contributed by atoms with Crippen LogP contribution in [-0.4, -0.2) is 40.4 Å². The molecule has 2 aliphatic heterocycles. The summed E-state index contributed by atoms with van der Waals surface area (Å²) in [5.74, 6) is -1.95. The number of carboxylic acids is 1. The fourth-order valence-electron chi connectivity index (χ4n) is 5.71. The van der Waals surface area contributed by atoms with Gasteiger partial charge in [0.15, 0.2) is 5.76 Å². The summed E-state index contributed by atoms with van der Waals surface area (Å²) in [6.07, 6.45) is 4.40. The van der Waals surface area contributed by atoms with Gasteiger partial charge in [0.25, 0.3) is 0 Å². The molecule has 3 aromatic rings. The third-order valence-corrected chi connectivity index (χ3v) is 8.15. The van der Waals surface area contributed by atoms with Crippen LogP contribution in [0.25, 0.3) is 11.3 Å². The summed E-state index contributed by atoms with van der Waals surface area (Å²) in [5.41, 5.74) is 1.30. The minimum absolute atomic E-state index is 0.0505. The minimum Gasteiger partial charge on any atom is -0.478 e. The maximum atomic E-state index is 14.4. The Morgan fingerprint density at radius 2 is 1.73 bits per heavy atom. The van der Waals surface area contributed by atoms with E-state index in [1.54, 1.807) is 24.3 Å². The highest BCUT2D eigenvalue weighted by Crippen LogP contribution is 2.47. The highest BCUT2D eigenvalue weighted by atomic mass is 35.5. The number of aromatic nitrogens is 1. The van der Waals surface area contributed by atoms with Crippen molar-refractivity contribution in [1.29, 1.82) is 0 Å². The highest BCUT2D eigenvalue weighted by Gasteiger charge is 2.44. The zero-order chi connectivity index (χ0) is 25.8. The van der Waals surface area contributed by atoms with E-state index in [2.05, 4.69) is 10.1 Å². The van der Waals surface area contributed by atoms with Gasteiger partial charge in [0, 0.05) is 42.1 Å². The molecule has 37 heavy (non-hydrogen) atoms. The molecular formula is C27H23Cl2FN2O5. The molecule has 3 atom stereocenters. The number of benzene rings is 2. The molecule has 1 aromatic heterocycles. The molecule has 3 fully saturated rings. The van der Waals surface area contributed by atoms with Gasteiger partial charge in [-0.05, 0) is 56.0 Å². The monoisotopic (exact) mass is 544 g/mol. The van der Waals surface area contributed by atoms with E-state index in [1.165, 1.54) is 12.1 Å². The van der Waals surface area contributed by atoms with E-state index in [9.17, 15) is 14.0 Å². The van der Waals surface area contributed by atoms with Crippen LogP contribution in [0.5, 0.6) is 0 Å². The van der Waals surface area contributed by atoms with Crippen LogP contribution in [-0.2, 0) is 4.74 Å². The topological polar surface area (TPSA) is 92.9 Å². The molecule has 0 amide bonds. The maximum Gasteiger partial charge on any atom is 0.344 e. The highest BCUT2D eigenvalue weighted by molar-refractivity contribution is 6.39. The molecule has 192 valence electrons. The number of carbonyl (C=O) groups is 2. The van der Waals surface area contributed by atoms with Gasteiger partial charge in [-0.2, -0.15) is 0 Å². The second kappa shape index (κ2) is 9.33. The number of fused-ring (bicyclic) bond motifs is 2. The van der Waals surface area contributed by atoms with Crippen LogP contribution in [0.3, 0.4) is 0 Å². The third kappa shape index (κ3) is 4.36. The van der Waals surface area contributed by atoms with Crippen molar-refractivity contribution < 1.29 is 28.3 Å². The molecule has 1 aliphatic carbocycles. The number of nitrogens with zero attached hydrogens (tertiary/aromatic N) is 2. The number of piperidine rings is 1. The molecule has 1 saturated carbocycles. The summed E-state index contributed by atoms with van der Waals surface area (Å²) in [7, 11) is 0. The predicted octanol–water partition coefficient (Wildman–Crippen LogP) is 6.72. The summed E-state index contributed by atoms with van der Waals surface area (Å²) in [6.45, 7) is 0. The maximum absolute atomic E-state index is 14.4. The van der Waals surface area contributed by atoms with E-state index < -0.39 is 17.8 Å². The van der Waals surface area contributed by atoms with Crippen molar-refractivity contribution in [1.82, 2.24) is 5.16 Å². The fourth-order valence-corrected chi connectivity index (χ4v) is 6.29. The number of halogens is 3. The predicted molar refractivity (Wildman–Crippen MR) is 135 cm³/mol. The summed E-state index contributed by atoms with van der Waals surface area (Å²) in [4.78, 5) is 26.9. The summed E-state index contributed by atoms with van der Waals surface area (Å²) in [5, 5.41) is 14.0. The van der Waals surface area contributed by atoms with Crippen LogP contribution in [0, 0.1) is 5.82 Å². The molecule has 2 bridgehead atoms. The van der Waals surface area contributed by atoms with Gasteiger partial charge in [0.1, 0.15) is 23.2 Å². The zero-order valence-corrected chi connectivity index (χ0v) is 21.1. The number of hydrogen-bond acceptors (Lipinski definition) is 6. The number of rotatable bonds is 6. The molecule has 0 unspecified atom stereocenters. The van der Waals surface area contributed by atoms with Crippen molar-refractivity contribution in [3.8, 4) is 11.3 Å². The molecule has 1 N–H and O–H groups in total. The van der Waals surface area contributed by atoms with E-state index >= 15 is 0 Å². The Bertz CT molecular complexity index is 1370. The van der Waals surface area contributed by atoms with Crippen molar-refractivity contribution in [3.63, 3.8) is 0 Å². The standard InChI is InChI=1S/C27H23Cl2FN2O5/c28-19-2-1-3-20(29)22(19)24-23(25(37-31-24)13-4-5-13)27(35)36-17-10-14-6-7-15(11-17)32(14)16-8-9-18(26(33)34)21(30)12-16/h1-3,8-9,12-15,17H,4-7,10-11H2,(H,33,34)/t14-,15+,17+. The molecule has 7 nitrogen and oxygen atoms in total. The van der Waals surface area contributed by atoms with E-state index in [0.29, 0.717) is 39.9 Å². The van der Waals surface area contributed by atoms with Crippen molar-refractivity contribution in [2.24, 2.45) is 0 Å². The van der Waals surface area contributed by atoms with E-state index in [4.69, 9.17) is 37.6 Å². The molecule has 3 heterocycles. The van der Waals surface area contributed by atoms with Gasteiger partial charge >= 0.3 is 11.9 Å². The van der Waals surface area contributed by atoms with Crippen molar-refractivity contribution in [3.05, 3.63) is 69.1 Å². The van der Waals surface area contributed by atoms with Gasteiger partial charge < -0.3 is 19.3 Å². The van der Waals surface area contributed by atoms with Crippen LogP contribution in [0.15, 0.2) is 40.9 Å². The minimum atomic E-state index is -1.30. The SMILES string of the molecule is O=C(O)c1ccc(N2[C@@H]3CC[C@H]2C[C@@H](OC(=O)c2c(-c4c(Cl)cccc4Cl)noc2C2CC2)C3)cc1F. The quantitative estimate of drug-likeness (QED) is 0.344. The van der Waals surface area contributed by atoms with Crippen LogP contribution < -0.4 is 4.90 Å². The normalized spacial score (nSPS) is 22.8. The fraction of sp³-hybridized carbons (Fsp3) is 0.370. The van der Waals surface area contributed by atoms with Gasteiger partial charge in [0.2, 0.25) is 0 Å². The van der Waals surface area contributed by atoms with E-state index in [1.807, 2.05) is 0 Å².